The smallest absolute Gasteiger partial charge is 0.287 e. The van der Waals surface area contributed by atoms with Gasteiger partial charge in [-0.2, -0.15) is 0 Å². The molecule has 0 aromatic carbocycles. The summed E-state index contributed by atoms with van der Waals surface area (Å²) in [5, 5.41) is 30.0. The number of aromatic nitrogens is 1. The highest BCUT2D eigenvalue weighted by atomic mass is 16.6. The molecule has 0 saturated heterocycles. The Labute approximate surface area is 98.1 Å². The van der Waals surface area contributed by atoms with E-state index in [-0.39, 0.29) is 24.2 Å². The van der Waals surface area contributed by atoms with Crippen molar-refractivity contribution >= 4 is 5.69 Å². The molecule has 0 aliphatic heterocycles. The molecule has 1 aromatic heterocycles. The molecule has 0 fully saturated rings. The molecule has 1 rings (SSSR count). The van der Waals surface area contributed by atoms with Gasteiger partial charge in [0, 0.05) is 17.3 Å². The lowest BCUT2D eigenvalue weighted by atomic mass is 10.0. The normalized spacial score (nSPS) is 14.4. The highest BCUT2D eigenvalue weighted by molar-refractivity contribution is 5.35. The van der Waals surface area contributed by atoms with Gasteiger partial charge in [-0.3, -0.25) is 15.1 Å². The minimum atomic E-state index is -1.22. The third-order valence-corrected chi connectivity index (χ3v) is 2.47. The van der Waals surface area contributed by atoms with E-state index in [0.29, 0.717) is 5.69 Å². The van der Waals surface area contributed by atoms with Crippen molar-refractivity contribution in [3.63, 3.8) is 0 Å². The van der Waals surface area contributed by atoms with Crippen molar-refractivity contribution in [3.8, 4) is 0 Å². The van der Waals surface area contributed by atoms with Gasteiger partial charge in [0.1, 0.15) is 12.3 Å². The zero-order valence-corrected chi connectivity index (χ0v) is 9.41. The van der Waals surface area contributed by atoms with E-state index in [0.717, 1.165) is 6.20 Å². The number of rotatable bonds is 5. The number of hydrogen-bond donors (Lipinski definition) is 3. The molecule has 4 N–H and O–H groups in total. The second-order valence-electron chi connectivity index (χ2n) is 3.71. The topological polar surface area (TPSA) is 123 Å². The van der Waals surface area contributed by atoms with Gasteiger partial charge in [-0.15, -0.1) is 0 Å². The molecule has 2 unspecified atom stereocenters. The molecule has 0 spiro atoms. The summed E-state index contributed by atoms with van der Waals surface area (Å²) >= 11 is 0. The molecule has 2 atom stereocenters. The third-order valence-electron chi connectivity index (χ3n) is 2.47. The van der Waals surface area contributed by atoms with Crippen LogP contribution in [0.5, 0.6) is 0 Å². The fraction of sp³-hybridized carbons (Fsp3) is 0.500. The van der Waals surface area contributed by atoms with E-state index in [9.17, 15) is 20.3 Å². The average Bonchev–Trinajstić information content (AvgIpc) is 2.28. The van der Waals surface area contributed by atoms with Crippen molar-refractivity contribution < 1.29 is 15.1 Å². The van der Waals surface area contributed by atoms with Crippen LogP contribution in [0.25, 0.3) is 0 Å². The van der Waals surface area contributed by atoms with Gasteiger partial charge in [-0.25, -0.2) is 0 Å². The lowest BCUT2D eigenvalue weighted by Crippen LogP contribution is -2.22. The Bertz CT molecular complexity index is 411. The van der Waals surface area contributed by atoms with Gasteiger partial charge in [-0.1, -0.05) is 0 Å². The molecule has 0 saturated carbocycles. The lowest BCUT2D eigenvalue weighted by Gasteiger charge is -2.18. The summed E-state index contributed by atoms with van der Waals surface area (Å²) in [5.74, 6) is 0. The van der Waals surface area contributed by atoms with Gasteiger partial charge in [0.05, 0.1) is 11.0 Å². The molecule has 0 amide bonds. The number of nitrogens with two attached hydrogens (primary N) is 1. The molecule has 0 aliphatic carbocycles. The van der Waals surface area contributed by atoms with Crippen LogP contribution < -0.4 is 5.73 Å². The van der Waals surface area contributed by atoms with Gasteiger partial charge >= 0.3 is 0 Å². The molecule has 7 heteroatoms. The monoisotopic (exact) mass is 241 g/mol. The first-order chi connectivity index (χ1) is 7.97. The molecular weight excluding hydrogens is 226 g/mol. The molecule has 7 nitrogen and oxygen atoms in total. The highest BCUT2D eigenvalue weighted by Gasteiger charge is 2.22. The van der Waals surface area contributed by atoms with Crippen LogP contribution in [0.4, 0.5) is 5.69 Å². The number of aliphatic hydroxyl groups excluding tert-OH is 2. The summed E-state index contributed by atoms with van der Waals surface area (Å²) in [6.07, 6.45) is -0.946. The Morgan fingerprint density at radius 1 is 1.59 bits per heavy atom. The first kappa shape index (κ1) is 13.5. The minimum Gasteiger partial charge on any atom is -0.390 e. The van der Waals surface area contributed by atoms with Crippen molar-refractivity contribution in [3.05, 3.63) is 33.6 Å². The lowest BCUT2D eigenvalue weighted by molar-refractivity contribution is -0.385. The Hall–Kier alpha value is -1.57. The summed E-state index contributed by atoms with van der Waals surface area (Å²) < 4.78 is 0. The SMILES string of the molecule is Cc1ncc([N+](=O)[O-])cc1C(O)C(O)CCN. The Morgan fingerprint density at radius 2 is 2.24 bits per heavy atom. The highest BCUT2D eigenvalue weighted by Crippen LogP contribution is 2.24. The molecule has 1 aromatic rings. The van der Waals surface area contributed by atoms with E-state index in [1.807, 2.05) is 0 Å². The second kappa shape index (κ2) is 5.67. The minimum absolute atomic E-state index is 0.212. The maximum Gasteiger partial charge on any atom is 0.287 e. The number of hydrogen-bond acceptors (Lipinski definition) is 6. The number of aliphatic hydroxyl groups is 2. The van der Waals surface area contributed by atoms with Crippen LogP contribution in [-0.2, 0) is 0 Å². The summed E-state index contributed by atoms with van der Waals surface area (Å²) in [6, 6.07) is 1.22. The maximum absolute atomic E-state index is 10.6. The zero-order chi connectivity index (χ0) is 13.0. The fourth-order valence-corrected chi connectivity index (χ4v) is 1.47. The van der Waals surface area contributed by atoms with Gasteiger partial charge in [0.15, 0.2) is 0 Å². The van der Waals surface area contributed by atoms with E-state index in [4.69, 9.17) is 5.73 Å². The Balaban J connectivity index is 3.03. The van der Waals surface area contributed by atoms with Crippen molar-refractivity contribution in [1.82, 2.24) is 4.98 Å². The van der Waals surface area contributed by atoms with E-state index >= 15 is 0 Å². The number of nitrogens with zero attached hydrogens (tertiary/aromatic N) is 2. The van der Waals surface area contributed by atoms with E-state index in [1.165, 1.54) is 6.07 Å². The third kappa shape index (κ3) is 3.19. The number of pyridine rings is 1. The van der Waals surface area contributed by atoms with E-state index in [1.54, 1.807) is 6.92 Å². The largest absolute Gasteiger partial charge is 0.390 e. The van der Waals surface area contributed by atoms with Crippen molar-refractivity contribution in [2.75, 3.05) is 6.54 Å². The molecule has 1 heterocycles. The summed E-state index contributed by atoms with van der Waals surface area (Å²) in [4.78, 5) is 13.8. The number of aryl methyl sites for hydroxylation is 1. The zero-order valence-electron chi connectivity index (χ0n) is 9.41. The molecule has 0 bridgehead atoms. The van der Waals surface area contributed by atoms with Gasteiger partial charge in [0.25, 0.3) is 5.69 Å². The molecule has 17 heavy (non-hydrogen) atoms. The molecule has 94 valence electrons. The fourth-order valence-electron chi connectivity index (χ4n) is 1.47. The first-order valence-corrected chi connectivity index (χ1v) is 5.14. The summed E-state index contributed by atoms with van der Waals surface area (Å²) in [6.45, 7) is 1.83. The van der Waals surface area contributed by atoms with Crippen LogP contribution >= 0.6 is 0 Å². The number of nitro groups is 1. The standard InChI is InChI=1S/C10H15N3O4/c1-6-8(10(15)9(14)2-3-11)4-7(5-12-6)13(16)17/h4-5,9-10,14-15H,2-3,11H2,1H3. The summed E-state index contributed by atoms with van der Waals surface area (Å²) in [5.41, 5.74) is 5.74. The van der Waals surface area contributed by atoms with Crippen LogP contribution in [0.15, 0.2) is 12.3 Å². The Morgan fingerprint density at radius 3 is 2.76 bits per heavy atom. The first-order valence-electron chi connectivity index (χ1n) is 5.14. The van der Waals surface area contributed by atoms with Crippen LogP contribution in [0, 0.1) is 17.0 Å². The van der Waals surface area contributed by atoms with Crippen molar-refractivity contribution in [2.24, 2.45) is 5.73 Å². The van der Waals surface area contributed by atoms with E-state index < -0.39 is 17.1 Å². The predicted octanol–water partition coefficient (Wildman–Crippen LogP) is 0.0413. The van der Waals surface area contributed by atoms with Gasteiger partial charge in [0.2, 0.25) is 0 Å². The van der Waals surface area contributed by atoms with Crippen LogP contribution in [0.1, 0.15) is 23.8 Å². The van der Waals surface area contributed by atoms with Gasteiger partial charge in [-0.05, 0) is 19.9 Å². The molecular formula is C10H15N3O4. The van der Waals surface area contributed by atoms with Crippen molar-refractivity contribution in [2.45, 2.75) is 25.6 Å². The molecule has 0 aliphatic rings. The van der Waals surface area contributed by atoms with E-state index in [2.05, 4.69) is 4.98 Å². The maximum atomic E-state index is 10.6. The van der Waals surface area contributed by atoms with Crippen LogP contribution in [0.2, 0.25) is 0 Å². The van der Waals surface area contributed by atoms with Crippen LogP contribution in [0.3, 0.4) is 0 Å². The second-order valence-corrected chi connectivity index (χ2v) is 3.71. The molecule has 0 radical (unpaired) electrons. The Kier molecular flexibility index (Phi) is 4.50. The van der Waals surface area contributed by atoms with Crippen molar-refractivity contribution in [1.29, 1.82) is 0 Å². The summed E-state index contributed by atoms with van der Waals surface area (Å²) in [7, 11) is 0. The quantitative estimate of drug-likeness (QED) is 0.494. The predicted molar refractivity (Wildman–Crippen MR) is 60.3 cm³/mol. The van der Waals surface area contributed by atoms with Crippen LogP contribution in [-0.4, -0.2) is 32.8 Å². The van der Waals surface area contributed by atoms with Gasteiger partial charge < -0.3 is 15.9 Å². The average molecular weight is 241 g/mol.